The highest BCUT2D eigenvalue weighted by Crippen LogP contribution is 2.20. The summed E-state index contributed by atoms with van der Waals surface area (Å²) in [6, 6.07) is 0.431. The molecule has 0 radical (unpaired) electrons. The minimum atomic E-state index is -0.588. The Morgan fingerprint density at radius 3 is 2.80 bits per heavy atom. The van der Waals surface area contributed by atoms with Crippen LogP contribution in [0.5, 0.6) is 0 Å². The van der Waals surface area contributed by atoms with E-state index in [0.717, 1.165) is 40.9 Å². The van der Waals surface area contributed by atoms with Crippen LogP contribution in [0, 0.1) is 0 Å². The fourth-order valence-electron chi connectivity index (χ4n) is 1.57. The van der Waals surface area contributed by atoms with E-state index in [1.807, 2.05) is 0 Å². The number of anilines is 1. The smallest absolute Gasteiger partial charge is 0.205 e. The molecule has 6 heteroatoms. The van der Waals surface area contributed by atoms with Gasteiger partial charge in [0.15, 0.2) is 0 Å². The van der Waals surface area contributed by atoms with Crippen LogP contribution in [0.3, 0.4) is 0 Å². The first-order valence-corrected chi connectivity index (χ1v) is 7.52. The van der Waals surface area contributed by atoms with E-state index < -0.39 is 10.8 Å². The van der Waals surface area contributed by atoms with Gasteiger partial charge >= 0.3 is 0 Å². The summed E-state index contributed by atoms with van der Waals surface area (Å²) in [4.78, 5) is 0. The predicted octanol–water partition coefficient (Wildman–Crippen LogP) is 1.42. The van der Waals surface area contributed by atoms with E-state index in [2.05, 4.69) is 22.4 Å². The van der Waals surface area contributed by atoms with Crippen molar-refractivity contribution >= 4 is 27.3 Å². The van der Waals surface area contributed by atoms with Crippen LogP contribution in [0.4, 0.5) is 5.13 Å². The van der Waals surface area contributed by atoms with E-state index in [4.69, 9.17) is 0 Å². The Balaban J connectivity index is 1.88. The summed E-state index contributed by atoms with van der Waals surface area (Å²) in [5.41, 5.74) is 0. The quantitative estimate of drug-likeness (QED) is 0.875. The van der Waals surface area contributed by atoms with Crippen LogP contribution >= 0.6 is 11.3 Å². The zero-order valence-corrected chi connectivity index (χ0v) is 10.4. The van der Waals surface area contributed by atoms with Gasteiger partial charge in [0.2, 0.25) is 5.13 Å². The van der Waals surface area contributed by atoms with Crippen molar-refractivity contribution in [2.24, 2.45) is 0 Å². The van der Waals surface area contributed by atoms with Crippen molar-refractivity contribution in [3.8, 4) is 0 Å². The van der Waals surface area contributed by atoms with Gasteiger partial charge in [-0.1, -0.05) is 18.3 Å². The maximum atomic E-state index is 11.2. The molecular formula is C9H15N3OS2. The van der Waals surface area contributed by atoms with Gasteiger partial charge < -0.3 is 5.32 Å². The predicted molar refractivity (Wildman–Crippen MR) is 63.8 cm³/mol. The normalized spacial score (nSPS) is 26.5. The van der Waals surface area contributed by atoms with E-state index in [-0.39, 0.29) is 0 Å². The Hall–Kier alpha value is -0.490. The van der Waals surface area contributed by atoms with Gasteiger partial charge in [0.25, 0.3) is 0 Å². The highest BCUT2D eigenvalue weighted by Gasteiger charge is 2.18. The largest absolute Gasteiger partial charge is 0.357 e. The van der Waals surface area contributed by atoms with Gasteiger partial charge in [-0.3, -0.25) is 4.21 Å². The van der Waals surface area contributed by atoms with Gasteiger partial charge in [0.1, 0.15) is 5.01 Å². The van der Waals surface area contributed by atoms with E-state index in [0.29, 0.717) is 6.04 Å². The van der Waals surface area contributed by atoms with E-state index in [1.165, 1.54) is 0 Å². The third-order valence-corrected chi connectivity index (χ3v) is 4.87. The van der Waals surface area contributed by atoms with Crippen molar-refractivity contribution in [3.63, 3.8) is 0 Å². The lowest BCUT2D eigenvalue weighted by atomic mass is 10.2. The SMILES string of the molecule is CCc1nnc(NC2CCS(=O)CC2)s1. The molecule has 2 rings (SSSR count). The summed E-state index contributed by atoms with van der Waals surface area (Å²) in [7, 11) is -0.588. The van der Waals surface area contributed by atoms with Crippen LogP contribution in [-0.4, -0.2) is 32.0 Å². The van der Waals surface area contributed by atoms with Crippen molar-refractivity contribution < 1.29 is 4.21 Å². The summed E-state index contributed by atoms with van der Waals surface area (Å²) >= 11 is 1.62. The van der Waals surface area contributed by atoms with Crippen molar-refractivity contribution in [3.05, 3.63) is 5.01 Å². The molecule has 1 N–H and O–H groups in total. The first-order chi connectivity index (χ1) is 7.28. The maximum absolute atomic E-state index is 11.2. The van der Waals surface area contributed by atoms with E-state index in [1.54, 1.807) is 11.3 Å². The second-order valence-corrected chi connectivity index (χ2v) is 6.38. The Bertz CT molecular complexity index is 343. The molecule has 1 aromatic rings. The summed E-state index contributed by atoms with van der Waals surface area (Å²) in [5, 5.41) is 13.5. The van der Waals surface area contributed by atoms with E-state index >= 15 is 0 Å². The van der Waals surface area contributed by atoms with Crippen molar-refractivity contribution in [1.29, 1.82) is 0 Å². The number of nitrogens with one attached hydrogen (secondary N) is 1. The molecule has 0 aliphatic carbocycles. The number of hydrogen-bond donors (Lipinski definition) is 1. The van der Waals surface area contributed by atoms with Crippen molar-refractivity contribution in [1.82, 2.24) is 10.2 Å². The van der Waals surface area contributed by atoms with Crippen molar-refractivity contribution in [2.45, 2.75) is 32.2 Å². The van der Waals surface area contributed by atoms with Gasteiger partial charge in [-0.05, 0) is 19.3 Å². The number of aromatic nitrogens is 2. The fraction of sp³-hybridized carbons (Fsp3) is 0.778. The van der Waals surface area contributed by atoms with Gasteiger partial charge in [0.05, 0.1) is 0 Å². The van der Waals surface area contributed by atoms with Crippen LogP contribution in [0.2, 0.25) is 0 Å². The van der Waals surface area contributed by atoms with Crippen molar-refractivity contribution in [2.75, 3.05) is 16.8 Å². The summed E-state index contributed by atoms with van der Waals surface area (Å²) in [6.45, 7) is 2.08. The zero-order chi connectivity index (χ0) is 10.7. The molecule has 84 valence electrons. The first-order valence-electron chi connectivity index (χ1n) is 5.22. The molecule has 1 fully saturated rings. The molecule has 1 aliphatic heterocycles. The highest BCUT2D eigenvalue weighted by atomic mass is 32.2. The standard InChI is InChI=1S/C9H15N3OS2/c1-2-8-11-12-9(14-8)10-7-3-5-15(13)6-4-7/h7H,2-6H2,1H3,(H,10,12). The lowest BCUT2D eigenvalue weighted by Crippen LogP contribution is -2.29. The lowest BCUT2D eigenvalue weighted by molar-refractivity contribution is 0.623. The lowest BCUT2D eigenvalue weighted by Gasteiger charge is -2.21. The Morgan fingerprint density at radius 1 is 1.47 bits per heavy atom. The minimum absolute atomic E-state index is 0.431. The molecule has 0 atom stereocenters. The molecule has 0 unspecified atom stereocenters. The molecule has 0 spiro atoms. The fourth-order valence-corrected chi connectivity index (χ4v) is 3.62. The molecule has 0 aromatic carbocycles. The van der Waals surface area contributed by atoms with Crippen LogP contribution in [0.15, 0.2) is 0 Å². The highest BCUT2D eigenvalue weighted by molar-refractivity contribution is 7.85. The number of rotatable bonds is 3. The second kappa shape index (κ2) is 5.03. The van der Waals surface area contributed by atoms with Crippen LogP contribution in [0.25, 0.3) is 0 Å². The first kappa shape index (κ1) is 11.0. The molecule has 15 heavy (non-hydrogen) atoms. The van der Waals surface area contributed by atoms with Gasteiger partial charge in [-0.25, -0.2) is 0 Å². The van der Waals surface area contributed by atoms with Gasteiger partial charge in [0, 0.05) is 28.3 Å². The topological polar surface area (TPSA) is 54.9 Å². The summed E-state index contributed by atoms with van der Waals surface area (Å²) in [6.07, 6.45) is 2.90. The molecule has 0 bridgehead atoms. The molecule has 4 nitrogen and oxygen atoms in total. The monoisotopic (exact) mass is 245 g/mol. The maximum Gasteiger partial charge on any atom is 0.205 e. The average molecular weight is 245 g/mol. The van der Waals surface area contributed by atoms with Crippen LogP contribution < -0.4 is 5.32 Å². The van der Waals surface area contributed by atoms with Crippen LogP contribution in [-0.2, 0) is 17.2 Å². The summed E-state index contributed by atoms with van der Waals surface area (Å²) < 4.78 is 11.2. The minimum Gasteiger partial charge on any atom is -0.357 e. The average Bonchev–Trinajstić information content (AvgIpc) is 2.69. The Labute approximate surface area is 96.0 Å². The van der Waals surface area contributed by atoms with Gasteiger partial charge in [-0.15, -0.1) is 10.2 Å². The zero-order valence-electron chi connectivity index (χ0n) is 8.73. The molecule has 1 aliphatic rings. The number of hydrogen-bond acceptors (Lipinski definition) is 5. The second-order valence-electron chi connectivity index (χ2n) is 3.62. The summed E-state index contributed by atoms with van der Waals surface area (Å²) in [5.74, 6) is 1.63. The molecule has 2 heterocycles. The number of aryl methyl sites for hydroxylation is 1. The molecule has 0 amide bonds. The van der Waals surface area contributed by atoms with Gasteiger partial charge in [-0.2, -0.15) is 0 Å². The molecule has 1 saturated heterocycles. The Morgan fingerprint density at radius 2 is 2.20 bits per heavy atom. The molecular weight excluding hydrogens is 230 g/mol. The number of nitrogens with zero attached hydrogens (tertiary/aromatic N) is 2. The molecule has 1 aromatic heterocycles. The third kappa shape index (κ3) is 2.98. The Kier molecular flexibility index (Phi) is 3.69. The van der Waals surface area contributed by atoms with E-state index in [9.17, 15) is 4.21 Å². The molecule has 0 saturated carbocycles. The third-order valence-electron chi connectivity index (χ3n) is 2.48. The van der Waals surface area contributed by atoms with Crippen LogP contribution in [0.1, 0.15) is 24.8 Å².